The normalized spacial score (nSPS) is 13.1. The molecule has 0 bridgehead atoms. The van der Waals surface area contributed by atoms with Gasteiger partial charge in [-0.25, -0.2) is 4.98 Å². The van der Waals surface area contributed by atoms with Crippen molar-refractivity contribution in [1.82, 2.24) is 14.8 Å². The molecule has 28 heavy (non-hydrogen) atoms. The number of nitrogens with zero attached hydrogens (tertiary/aromatic N) is 3. The van der Waals surface area contributed by atoms with Gasteiger partial charge in [0, 0.05) is 24.8 Å². The highest BCUT2D eigenvalue weighted by Gasteiger charge is 2.30. The molecule has 1 unspecified atom stereocenters. The fourth-order valence-corrected chi connectivity index (χ4v) is 3.11. The minimum absolute atomic E-state index is 0.0226. The number of aryl methyl sites for hydroxylation is 2. The van der Waals surface area contributed by atoms with Crippen molar-refractivity contribution in [1.29, 1.82) is 0 Å². The zero-order valence-corrected chi connectivity index (χ0v) is 16.2. The molecule has 1 atom stereocenters. The SMILES string of the molecule is CCc1nn(CC)c(-c2cnc(NC(C)CC(F)(F)F)cc2OC(F)F)c1Cl. The van der Waals surface area contributed by atoms with Crippen LogP contribution in [-0.4, -0.2) is 33.6 Å². The van der Waals surface area contributed by atoms with Crippen molar-refractivity contribution < 1.29 is 26.7 Å². The van der Waals surface area contributed by atoms with Crippen LogP contribution in [0.3, 0.4) is 0 Å². The molecule has 156 valence electrons. The molecule has 2 aromatic heterocycles. The zero-order chi connectivity index (χ0) is 21.1. The lowest BCUT2D eigenvalue weighted by atomic mass is 10.1. The first-order chi connectivity index (χ1) is 13.1. The number of anilines is 1. The predicted molar refractivity (Wildman–Crippen MR) is 95.9 cm³/mol. The van der Waals surface area contributed by atoms with Crippen LogP contribution in [0.15, 0.2) is 12.3 Å². The highest BCUT2D eigenvalue weighted by atomic mass is 35.5. The number of aromatic nitrogens is 3. The van der Waals surface area contributed by atoms with Crippen LogP contribution in [0.25, 0.3) is 11.3 Å². The fourth-order valence-electron chi connectivity index (χ4n) is 2.74. The van der Waals surface area contributed by atoms with Gasteiger partial charge in [0.25, 0.3) is 0 Å². The Hall–Kier alpha value is -2.10. The second-order valence-corrected chi connectivity index (χ2v) is 6.47. The van der Waals surface area contributed by atoms with Crippen LogP contribution in [0.2, 0.25) is 5.02 Å². The van der Waals surface area contributed by atoms with Crippen molar-refractivity contribution in [3.8, 4) is 17.0 Å². The molecule has 0 saturated heterocycles. The van der Waals surface area contributed by atoms with Gasteiger partial charge in [0.2, 0.25) is 0 Å². The molecule has 0 radical (unpaired) electrons. The van der Waals surface area contributed by atoms with E-state index in [2.05, 4.69) is 20.1 Å². The molecule has 0 saturated carbocycles. The first kappa shape index (κ1) is 22.2. The lowest BCUT2D eigenvalue weighted by Crippen LogP contribution is -2.24. The van der Waals surface area contributed by atoms with E-state index in [0.29, 0.717) is 24.4 Å². The zero-order valence-electron chi connectivity index (χ0n) is 15.4. The molecule has 0 aliphatic carbocycles. The van der Waals surface area contributed by atoms with Gasteiger partial charge < -0.3 is 10.1 Å². The maximum absolute atomic E-state index is 12.9. The largest absolute Gasteiger partial charge is 0.434 e. The number of hydrogen-bond donors (Lipinski definition) is 1. The summed E-state index contributed by atoms with van der Waals surface area (Å²) >= 11 is 6.35. The number of alkyl halides is 5. The Labute approximate surface area is 163 Å². The Morgan fingerprint density at radius 1 is 1.29 bits per heavy atom. The summed E-state index contributed by atoms with van der Waals surface area (Å²) in [5, 5.41) is 7.15. The molecule has 2 aromatic rings. The molecule has 0 aliphatic rings. The van der Waals surface area contributed by atoms with Gasteiger partial charge in [-0.05, 0) is 20.3 Å². The van der Waals surface area contributed by atoms with Crippen LogP contribution < -0.4 is 10.1 Å². The van der Waals surface area contributed by atoms with E-state index < -0.39 is 25.3 Å². The van der Waals surface area contributed by atoms with E-state index in [0.717, 1.165) is 6.07 Å². The van der Waals surface area contributed by atoms with Crippen molar-refractivity contribution >= 4 is 17.4 Å². The van der Waals surface area contributed by atoms with Crippen molar-refractivity contribution in [2.24, 2.45) is 0 Å². The van der Waals surface area contributed by atoms with E-state index in [1.165, 1.54) is 17.8 Å². The summed E-state index contributed by atoms with van der Waals surface area (Å²) in [7, 11) is 0. The summed E-state index contributed by atoms with van der Waals surface area (Å²) in [6.45, 7) is 2.26. The summed E-state index contributed by atoms with van der Waals surface area (Å²) in [4.78, 5) is 4.04. The smallest absolute Gasteiger partial charge is 0.391 e. The second kappa shape index (κ2) is 8.93. The van der Waals surface area contributed by atoms with Gasteiger partial charge in [0.05, 0.1) is 28.4 Å². The average molecular weight is 427 g/mol. The molecule has 2 heterocycles. The molecule has 2 rings (SSSR count). The van der Waals surface area contributed by atoms with E-state index in [9.17, 15) is 22.0 Å². The van der Waals surface area contributed by atoms with E-state index >= 15 is 0 Å². The molecule has 0 aromatic carbocycles. The summed E-state index contributed by atoms with van der Waals surface area (Å²) < 4.78 is 69.5. The summed E-state index contributed by atoms with van der Waals surface area (Å²) in [6.07, 6.45) is -3.71. The molecule has 0 spiro atoms. The molecular weight excluding hydrogens is 407 g/mol. The third-order valence-electron chi connectivity index (χ3n) is 3.86. The van der Waals surface area contributed by atoms with Gasteiger partial charge in [0.15, 0.2) is 0 Å². The molecule has 1 N–H and O–H groups in total. The van der Waals surface area contributed by atoms with Crippen LogP contribution in [0, 0.1) is 0 Å². The first-order valence-corrected chi connectivity index (χ1v) is 8.97. The Bertz CT molecular complexity index is 810. The van der Waals surface area contributed by atoms with E-state index in [1.807, 2.05) is 13.8 Å². The van der Waals surface area contributed by atoms with Crippen molar-refractivity contribution in [2.75, 3.05) is 5.32 Å². The minimum Gasteiger partial charge on any atom is -0.434 e. The topological polar surface area (TPSA) is 52.0 Å². The molecular formula is C17H20ClF5N4O. The first-order valence-electron chi connectivity index (χ1n) is 8.59. The third-order valence-corrected chi connectivity index (χ3v) is 4.26. The minimum atomic E-state index is -4.37. The Morgan fingerprint density at radius 2 is 1.96 bits per heavy atom. The maximum atomic E-state index is 12.9. The number of hydrogen-bond acceptors (Lipinski definition) is 4. The average Bonchev–Trinajstić information content (AvgIpc) is 2.88. The number of halogens is 6. The maximum Gasteiger partial charge on any atom is 0.391 e. The lowest BCUT2D eigenvalue weighted by molar-refractivity contribution is -0.136. The van der Waals surface area contributed by atoms with Gasteiger partial charge in [-0.3, -0.25) is 4.68 Å². The molecule has 0 fully saturated rings. The van der Waals surface area contributed by atoms with Crippen LogP contribution in [0.1, 0.15) is 32.9 Å². The standard InChI is InChI=1S/C17H20ClF5N4O/c1-4-11-14(18)15(27(5-2)26-11)10-8-24-13(6-12(10)28-16(19)20)25-9(3)7-17(21,22)23/h6,8-9,16H,4-5,7H2,1-3H3,(H,24,25). The van der Waals surface area contributed by atoms with Gasteiger partial charge in [0.1, 0.15) is 11.6 Å². The monoisotopic (exact) mass is 426 g/mol. The van der Waals surface area contributed by atoms with Crippen molar-refractivity contribution in [3.05, 3.63) is 23.0 Å². The Balaban J connectivity index is 2.45. The molecule has 0 amide bonds. The predicted octanol–water partition coefficient (Wildman–Crippen LogP) is 5.54. The molecule has 5 nitrogen and oxygen atoms in total. The number of ether oxygens (including phenoxy) is 1. The summed E-state index contributed by atoms with van der Waals surface area (Å²) in [5.74, 6) is -0.281. The fraction of sp³-hybridized carbons (Fsp3) is 0.529. The quantitative estimate of drug-likeness (QED) is 0.563. The highest BCUT2D eigenvalue weighted by Crippen LogP contribution is 2.38. The van der Waals surface area contributed by atoms with Gasteiger partial charge in [-0.1, -0.05) is 18.5 Å². The second-order valence-electron chi connectivity index (χ2n) is 6.09. The van der Waals surface area contributed by atoms with Crippen LogP contribution in [0.4, 0.5) is 27.8 Å². The van der Waals surface area contributed by atoms with Crippen molar-refractivity contribution in [2.45, 2.75) is 59.0 Å². The van der Waals surface area contributed by atoms with Crippen LogP contribution in [0.5, 0.6) is 5.75 Å². The van der Waals surface area contributed by atoms with Crippen LogP contribution >= 0.6 is 11.6 Å². The molecule has 0 aliphatic heterocycles. The van der Waals surface area contributed by atoms with E-state index in [1.54, 1.807) is 0 Å². The summed E-state index contributed by atoms with van der Waals surface area (Å²) in [5.41, 5.74) is 1.12. The number of rotatable bonds is 8. The summed E-state index contributed by atoms with van der Waals surface area (Å²) in [6, 6.07) is 0.123. The Morgan fingerprint density at radius 3 is 2.50 bits per heavy atom. The third kappa shape index (κ3) is 5.46. The Kier molecular flexibility index (Phi) is 7.08. The lowest BCUT2D eigenvalue weighted by Gasteiger charge is -2.18. The van der Waals surface area contributed by atoms with Crippen molar-refractivity contribution in [3.63, 3.8) is 0 Å². The number of nitrogens with one attached hydrogen (secondary N) is 1. The van der Waals surface area contributed by atoms with Gasteiger partial charge >= 0.3 is 12.8 Å². The van der Waals surface area contributed by atoms with Gasteiger partial charge in [-0.2, -0.15) is 27.1 Å². The highest BCUT2D eigenvalue weighted by molar-refractivity contribution is 6.33. The van der Waals surface area contributed by atoms with E-state index in [-0.39, 0.29) is 22.2 Å². The van der Waals surface area contributed by atoms with E-state index in [4.69, 9.17) is 11.6 Å². The molecule has 11 heteroatoms. The number of pyridine rings is 1. The van der Waals surface area contributed by atoms with Gasteiger partial charge in [-0.15, -0.1) is 0 Å². The van der Waals surface area contributed by atoms with Crippen LogP contribution in [-0.2, 0) is 13.0 Å².